The minimum atomic E-state index is -1.00. The van der Waals surface area contributed by atoms with Crippen LogP contribution in [0.3, 0.4) is 0 Å². The zero-order valence-corrected chi connectivity index (χ0v) is 7.86. The molecule has 5 heteroatoms. The molecular formula is C9H6N2O2S. The molecule has 0 aliphatic rings. The van der Waals surface area contributed by atoms with E-state index in [9.17, 15) is 4.79 Å². The maximum Gasteiger partial charge on any atom is 0.356 e. The lowest BCUT2D eigenvalue weighted by Crippen LogP contribution is -1.98. The van der Waals surface area contributed by atoms with Crippen LogP contribution in [0.25, 0.3) is 10.4 Å². The van der Waals surface area contributed by atoms with Crippen molar-refractivity contribution in [3.05, 3.63) is 35.7 Å². The number of carboxylic acid groups (broad SMARTS) is 1. The summed E-state index contributed by atoms with van der Waals surface area (Å²) in [6, 6.07) is 3.53. The van der Waals surface area contributed by atoms with Crippen LogP contribution in [-0.4, -0.2) is 21.0 Å². The summed E-state index contributed by atoms with van der Waals surface area (Å²) in [6.07, 6.45) is 3.25. The molecule has 0 saturated carbocycles. The predicted octanol–water partition coefficient (Wildman–Crippen LogP) is 1.90. The molecule has 0 atom stereocenters. The third-order valence-electron chi connectivity index (χ3n) is 1.71. The third kappa shape index (κ3) is 1.49. The Balaban J connectivity index is 2.52. The molecule has 14 heavy (non-hydrogen) atoms. The number of pyridine rings is 1. The molecule has 0 aliphatic carbocycles. The van der Waals surface area contributed by atoms with Gasteiger partial charge in [0.2, 0.25) is 0 Å². The van der Waals surface area contributed by atoms with Crippen molar-refractivity contribution in [3.8, 4) is 10.4 Å². The minimum absolute atomic E-state index is 0.0983. The first kappa shape index (κ1) is 8.83. The lowest BCUT2D eigenvalue weighted by molar-refractivity contribution is 0.0692. The van der Waals surface area contributed by atoms with Crippen molar-refractivity contribution in [1.82, 2.24) is 9.97 Å². The van der Waals surface area contributed by atoms with Crippen molar-refractivity contribution in [2.24, 2.45) is 0 Å². The number of hydrogen-bond acceptors (Lipinski definition) is 4. The summed E-state index contributed by atoms with van der Waals surface area (Å²) in [5, 5.41) is 8.84. The van der Waals surface area contributed by atoms with E-state index in [1.165, 1.54) is 16.8 Å². The Morgan fingerprint density at radius 1 is 1.36 bits per heavy atom. The number of nitrogens with zero attached hydrogens (tertiary/aromatic N) is 2. The average molecular weight is 206 g/mol. The number of carboxylic acids is 1. The van der Waals surface area contributed by atoms with Crippen molar-refractivity contribution in [1.29, 1.82) is 0 Å². The summed E-state index contributed by atoms with van der Waals surface area (Å²) < 4.78 is 0. The maximum atomic E-state index is 10.8. The number of aromatic carboxylic acids is 1. The van der Waals surface area contributed by atoms with Gasteiger partial charge in [0.25, 0.3) is 0 Å². The van der Waals surface area contributed by atoms with Crippen LogP contribution in [-0.2, 0) is 0 Å². The largest absolute Gasteiger partial charge is 0.476 e. The van der Waals surface area contributed by atoms with Crippen molar-refractivity contribution < 1.29 is 9.90 Å². The van der Waals surface area contributed by atoms with Crippen molar-refractivity contribution in [2.45, 2.75) is 0 Å². The first-order chi connectivity index (χ1) is 6.79. The van der Waals surface area contributed by atoms with Crippen LogP contribution in [0.5, 0.6) is 0 Å². The summed E-state index contributed by atoms with van der Waals surface area (Å²) in [6.45, 7) is 0. The smallest absolute Gasteiger partial charge is 0.356 e. The molecule has 4 nitrogen and oxygen atoms in total. The quantitative estimate of drug-likeness (QED) is 0.815. The highest BCUT2D eigenvalue weighted by Crippen LogP contribution is 2.26. The first-order valence-electron chi connectivity index (χ1n) is 3.86. The first-order valence-corrected chi connectivity index (χ1v) is 4.74. The van der Waals surface area contributed by atoms with Gasteiger partial charge in [0.1, 0.15) is 0 Å². The van der Waals surface area contributed by atoms with E-state index < -0.39 is 5.97 Å². The highest BCUT2D eigenvalue weighted by Gasteiger charge is 2.14. The topological polar surface area (TPSA) is 63.1 Å². The Labute approximate surface area is 83.9 Å². The maximum absolute atomic E-state index is 10.8. The Morgan fingerprint density at radius 2 is 2.07 bits per heavy atom. The van der Waals surface area contributed by atoms with Crippen LogP contribution in [0, 0.1) is 0 Å². The van der Waals surface area contributed by atoms with Gasteiger partial charge < -0.3 is 5.11 Å². The predicted molar refractivity (Wildman–Crippen MR) is 52.3 cm³/mol. The number of rotatable bonds is 2. The molecule has 0 fully saturated rings. The zero-order chi connectivity index (χ0) is 9.97. The number of aromatic nitrogens is 2. The lowest BCUT2D eigenvalue weighted by atomic mass is 10.2. The fourth-order valence-electron chi connectivity index (χ4n) is 1.11. The van der Waals surface area contributed by atoms with Crippen LogP contribution in [0.4, 0.5) is 0 Å². The van der Waals surface area contributed by atoms with Gasteiger partial charge in [0, 0.05) is 12.4 Å². The van der Waals surface area contributed by atoms with Crippen LogP contribution in [0.1, 0.15) is 10.5 Å². The van der Waals surface area contributed by atoms with Crippen molar-refractivity contribution >= 4 is 17.3 Å². The second-order valence-electron chi connectivity index (χ2n) is 2.57. The molecule has 0 spiro atoms. The number of thiazole rings is 1. The fraction of sp³-hybridized carbons (Fsp3) is 0. The van der Waals surface area contributed by atoms with E-state index in [-0.39, 0.29) is 5.69 Å². The second kappa shape index (κ2) is 3.55. The second-order valence-corrected chi connectivity index (χ2v) is 3.43. The van der Waals surface area contributed by atoms with Gasteiger partial charge in [-0.1, -0.05) is 0 Å². The Hall–Kier alpha value is -1.75. The third-order valence-corrected chi connectivity index (χ3v) is 2.59. The molecule has 0 amide bonds. The van der Waals surface area contributed by atoms with Gasteiger partial charge in [-0.25, -0.2) is 9.78 Å². The zero-order valence-electron chi connectivity index (χ0n) is 7.04. The standard InChI is InChI=1S/C9H6N2O2S/c12-9(13)7-8(14-5-11-7)6-1-3-10-4-2-6/h1-5H,(H,12,13). The molecule has 2 heterocycles. The van der Waals surface area contributed by atoms with Crippen LogP contribution >= 0.6 is 11.3 Å². The molecule has 70 valence electrons. The molecule has 0 saturated heterocycles. The molecule has 0 bridgehead atoms. The summed E-state index contributed by atoms with van der Waals surface area (Å²) in [5.41, 5.74) is 2.46. The van der Waals surface area contributed by atoms with E-state index >= 15 is 0 Å². The van der Waals surface area contributed by atoms with Crippen molar-refractivity contribution in [3.63, 3.8) is 0 Å². The number of carbonyl (C=O) groups is 1. The summed E-state index contributed by atoms with van der Waals surface area (Å²) in [7, 11) is 0. The Morgan fingerprint density at radius 3 is 2.71 bits per heavy atom. The average Bonchev–Trinajstić information content (AvgIpc) is 2.67. The molecular weight excluding hydrogens is 200 g/mol. The normalized spacial score (nSPS) is 10.0. The van der Waals surface area contributed by atoms with Gasteiger partial charge in [-0.2, -0.15) is 0 Å². The fourth-order valence-corrected chi connectivity index (χ4v) is 1.89. The van der Waals surface area contributed by atoms with E-state index in [1.807, 2.05) is 0 Å². The van der Waals surface area contributed by atoms with Gasteiger partial charge in [0.15, 0.2) is 5.69 Å². The Kier molecular flexibility index (Phi) is 2.24. The number of hydrogen-bond donors (Lipinski definition) is 1. The molecule has 0 radical (unpaired) electrons. The van der Waals surface area contributed by atoms with Gasteiger partial charge in [-0.05, 0) is 17.7 Å². The highest BCUT2D eigenvalue weighted by molar-refractivity contribution is 7.13. The van der Waals surface area contributed by atoms with Gasteiger partial charge >= 0.3 is 5.97 Å². The summed E-state index contributed by atoms with van der Waals surface area (Å²) >= 11 is 1.31. The molecule has 2 aromatic rings. The van der Waals surface area contributed by atoms with Gasteiger partial charge in [-0.3, -0.25) is 4.98 Å². The van der Waals surface area contributed by atoms with E-state index in [0.29, 0.717) is 4.88 Å². The molecule has 0 unspecified atom stereocenters. The molecule has 2 aromatic heterocycles. The monoisotopic (exact) mass is 206 g/mol. The van der Waals surface area contributed by atoms with Crippen LogP contribution in [0.2, 0.25) is 0 Å². The van der Waals surface area contributed by atoms with E-state index in [1.54, 1.807) is 24.5 Å². The van der Waals surface area contributed by atoms with Gasteiger partial charge in [0.05, 0.1) is 10.4 Å². The minimum Gasteiger partial charge on any atom is -0.476 e. The van der Waals surface area contributed by atoms with Crippen LogP contribution in [0.15, 0.2) is 30.0 Å². The van der Waals surface area contributed by atoms with Gasteiger partial charge in [-0.15, -0.1) is 11.3 Å². The summed E-state index contributed by atoms with van der Waals surface area (Å²) in [5.74, 6) is -1.00. The Bertz CT molecular complexity index is 453. The molecule has 1 N–H and O–H groups in total. The molecule has 0 aliphatic heterocycles. The van der Waals surface area contributed by atoms with Crippen molar-refractivity contribution in [2.75, 3.05) is 0 Å². The SMILES string of the molecule is O=C(O)c1ncsc1-c1ccncc1. The van der Waals surface area contributed by atoms with E-state index in [4.69, 9.17) is 5.11 Å². The molecule has 2 rings (SSSR count). The highest BCUT2D eigenvalue weighted by atomic mass is 32.1. The van der Waals surface area contributed by atoms with E-state index in [0.717, 1.165) is 5.56 Å². The summed E-state index contributed by atoms with van der Waals surface area (Å²) in [4.78, 5) is 19.1. The lowest BCUT2D eigenvalue weighted by Gasteiger charge is -1.96. The van der Waals surface area contributed by atoms with E-state index in [2.05, 4.69) is 9.97 Å². The van der Waals surface area contributed by atoms with Crippen LogP contribution < -0.4 is 0 Å². The molecule has 0 aromatic carbocycles.